The molecule has 0 radical (unpaired) electrons. The summed E-state index contributed by atoms with van der Waals surface area (Å²) in [6.07, 6.45) is 2.11. The van der Waals surface area contributed by atoms with Crippen molar-refractivity contribution in [3.63, 3.8) is 0 Å². The van der Waals surface area contributed by atoms with Gasteiger partial charge in [-0.05, 0) is 36.3 Å². The Kier molecular flexibility index (Phi) is 6.95. The number of rotatable bonds is 9. The van der Waals surface area contributed by atoms with Gasteiger partial charge in [0.1, 0.15) is 12.4 Å². The average Bonchev–Trinajstić information content (AvgIpc) is 3.25. The van der Waals surface area contributed by atoms with E-state index in [4.69, 9.17) is 20.3 Å². The number of aromatic nitrogens is 2. The summed E-state index contributed by atoms with van der Waals surface area (Å²) >= 11 is 0. The van der Waals surface area contributed by atoms with Crippen molar-refractivity contribution >= 4 is 11.7 Å². The maximum Gasteiger partial charge on any atom is 0.243 e. The Morgan fingerprint density at radius 1 is 1.30 bits per heavy atom. The first-order valence-electron chi connectivity index (χ1n) is 10.9. The van der Waals surface area contributed by atoms with E-state index in [-0.39, 0.29) is 11.9 Å². The Balaban J connectivity index is 1.61. The lowest BCUT2D eigenvalue weighted by Crippen LogP contribution is -2.34. The van der Waals surface area contributed by atoms with Crippen molar-refractivity contribution in [3.8, 4) is 22.8 Å². The van der Waals surface area contributed by atoms with Gasteiger partial charge in [0, 0.05) is 30.8 Å². The van der Waals surface area contributed by atoms with Crippen LogP contribution in [0.25, 0.3) is 11.3 Å². The number of fused-ring (bicyclic) bond motifs is 1. The highest BCUT2D eigenvalue weighted by molar-refractivity contribution is 5.86. The predicted molar refractivity (Wildman–Crippen MR) is 128 cm³/mol. The third-order valence-electron chi connectivity index (χ3n) is 5.70. The summed E-state index contributed by atoms with van der Waals surface area (Å²) in [7, 11) is 1.62. The van der Waals surface area contributed by atoms with Crippen molar-refractivity contribution < 1.29 is 14.3 Å². The molecule has 1 aromatic heterocycles. The molecule has 0 aliphatic carbocycles. The van der Waals surface area contributed by atoms with Gasteiger partial charge in [0.05, 0.1) is 18.8 Å². The molecule has 4 N–H and O–H groups in total. The number of nitrogens with one attached hydrogen (secondary N) is 2. The summed E-state index contributed by atoms with van der Waals surface area (Å²) in [5.74, 6) is 1.98. The SMILES string of the molecule is C=CC(=O)NCC1CCNc2c(CN)c(-c3ccc(OCc4ccccc4)c(OC)c3)nn21. The topological polar surface area (TPSA) is 103 Å². The van der Waals surface area contributed by atoms with E-state index >= 15 is 0 Å². The molecule has 2 aromatic carbocycles. The molecule has 1 amide bonds. The maximum atomic E-state index is 11.6. The number of carbonyl (C=O) groups excluding carboxylic acids is 1. The van der Waals surface area contributed by atoms with Gasteiger partial charge in [0.25, 0.3) is 0 Å². The van der Waals surface area contributed by atoms with Gasteiger partial charge in [-0.2, -0.15) is 5.10 Å². The number of hydrogen-bond donors (Lipinski definition) is 3. The number of carbonyl (C=O) groups is 1. The zero-order valence-electron chi connectivity index (χ0n) is 18.7. The molecule has 1 aliphatic rings. The minimum atomic E-state index is -0.197. The van der Waals surface area contributed by atoms with Gasteiger partial charge in [-0.3, -0.25) is 4.79 Å². The number of methoxy groups -OCH3 is 1. The third-order valence-corrected chi connectivity index (χ3v) is 5.70. The number of anilines is 1. The Morgan fingerprint density at radius 2 is 2.12 bits per heavy atom. The van der Waals surface area contributed by atoms with Crippen LogP contribution in [0.5, 0.6) is 11.5 Å². The molecule has 0 saturated carbocycles. The zero-order chi connectivity index (χ0) is 23.2. The van der Waals surface area contributed by atoms with Crippen LogP contribution in [0.2, 0.25) is 0 Å². The third kappa shape index (κ3) is 4.85. The molecule has 8 heteroatoms. The standard InChI is InChI=1S/C25H29N5O3/c1-3-23(31)28-15-19-11-12-27-25-20(14-26)24(29-30(19)25)18-9-10-21(22(13-18)32-2)33-16-17-7-5-4-6-8-17/h3-10,13,19,27H,1,11-12,14-16,26H2,2H3,(H,28,31). The largest absolute Gasteiger partial charge is 0.493 e. The molecule has 8 nitrogen and oxygen atoms in total. The van der Waals surface area contributed by atoms with E-state index in [9.17, 15) is 4.79 Å². The Hall–Kier alpha value is -3.78. The summed E-state index contributed by atoms with van der Waals surface area (Å²) in [5.41, 5.74) is 9.80. The number of hydrogen-bond acceptors (Lipinski definition) is 6. The van der Waals surface area contributed by atoms with Gasteiger partial charge in [0.15, 0.2) is 11.5 Å². The van der Waals surface area contributed by atoms with Crippen molar-refractivity contribution in [1.29, 1.82) is 0 Å². The van der Waals surface area contributed by atoms with E-state index in [1.54, 1.807) is 7.11 Å². The zero-order valence-corrected chi connectivity index (χ0v) is 18.7. The predicted octanol–water partition coefficient (Wildman–Crippen LogP) is 3.26. The average molecular weight is 448 g/mol. The van der Waals surface area contributed by atoms with Crippen LogP contribution in [0.15, 0.2) is 61.2 Å². The quantitative estimate of drug-likeness (QED) is 0.435. The lowest BCUT2D eigenvalue weighted by atomic mass is 10.1. The molecular weight excluding hydrogens is 418 g/mol. The van der Waals surface area contributed by atoms with Gasteiger partial charge in [-0.15, -0.1) is 0 Å². The summed E-state index contributed by atoms with van der Waals surface area (Å²) in [6, 6.07) is 15.8. The Bertz CT molecular complexity index is 1130. The first-order chi connectivity index (χ1) is 16.1. The molecule has 0 fully saturated rings. The molecular formula is C25H29N5O3. The fourth-order valence-corrected chi connectivity index (χ4v) is 3.97. The Labute approximate surface area is 193 Å². The highest BCUT2D eigenvalue weighted by Gasteiger charge is 2.27. The summed E-state index contributed by atoms with van der Waals surface area (Å²) in [4.78, 5) is 11.6. The molecule has 0 spiro atoms. The van der Waals surface area contributed by atoms with E-state index in [2.05, 4.69) is 17.2 Å². The molecule has 0 saturated heterocycles. The van der Waals surface area contributed by atoms with Crippen LogP contribution in [0.3, 0.4) is 0 Å². The monoisotopic (exact) mass is 447 g/mol. The molecule has 3 aromatic rings. The van der Waals surface area contributed by atoms with Crippen LogP contribution in [0, 0.1) is 0 Å². The van der Waals surface area contributed by atoms with Gasteiger partial charge in [-0.1, -0.05) is 36.9 Å². The van der Waals surface area contributed by atoms with Crippen LogP contribution in [0.4, 0.5) is 5.82 Å². The van der Waals surface area contributed by atoms with Crippen LogP contribution in [-0.2, 0) is 17.9 Å². The molecule has 2 heterocycles. The number of nitrogens with two attached hydrogens (primary N) is 1. The normalized spacial score (nSPS) is 14.7. The summed E-state index contributed by atoms with van der Waals surface area (Å²) in [5, 5.41) is 11.2. The van der Waals surface area contributed by atoms with Crippen LogP contribution < -0.4 is 25.8 Å². The summed E-state index contributed by atoms with van der Waals surface area (Å²) in [6.45, 7) is 5.54. The number of nitrogens with zero attached hydrogens (tertiary/aromatic N) is 2. The van der Waals surface area contributed by atoms with Crippen LogP contribution in [0.1, 0.15) is 23.6 Å². The molecule has 0 bridgehead atoms. The smallest absolute Gasteiger partial charge is 0.243 e. The second-order valence-electron chi connectivity index (χ2n) is 7.78. The van der Waals surface area contributed by atoms with Crippen molar-refractivity contribution in [2.75, 3.05) is 25.5 Å². The molecule has 33 heavy (non-hydrogen) atoms. The van der Waals surface area contributed by atoms with Crippen molar-refractivity contribution in [2.45, 2.75) is 25.6 Å². The first kappa shape index (κ1) is 22.4. The molecule has 4 rings (SSSR count). The van der Waals surface area contributed by atoms with Crippen molar-refractivity contribution in [1.82, 2.24) is 15.1 Å². The van der Waals surface area contributed by atoms with E-state index in [0.717, 1.165) is 41.2 Å². The summed E-state index contributed by atoms with van der Waals surface area (Å²) < 4.78 is 13.5. The number of amides is 1. The number of ether oxygens (including phenoxy) is 2. The van der Waals surface area contributed by atoms with Gasteiger partial charge in [0.2, 0.25) is 5.91 Å². The fraction of sp³-hybridized carbons (Fsp3) is 0.280. The second kappa shape index (κ2) is 10.2. The van der Waals surface area contributed by atoms with Crippen molar-refractivity contribution in [3.05, 3.63) is 72.3 Å². The second-order valence-corrected chi connectivity index (χ2v) is 7.78. The Morgan fingerprint density at radius 3 is 2.85 bits per heavy atom. The van der Waals surface area contributed by atoms with Gasteiger partial charge in [-0.25, -0.2) is 4.68 Å². The van der Waals surface area contributed by atoms with E-state index in [1.165, 1.54) is 6.08 Å². The molecule has 172 valence electrons. The highest BCUT2D eigenvalue weighted by atomic mass is 16.5. The van der Waals surface area contributed by atoms with E-state index in [0.29, 0.717) is 31.2 Å². The lowest BCUT2D eigenvalue weighted by Gasteiger charge is -2.26. The lowest BCUT2D eigenvalue weighted by molar-refractivity contribution is -0.116. The molecule has 1 atom stereocenters. The fourth-order valence-electron chi connectivity index (χ4n) is 3.97. The molecule has 1 unspecified atom stereocenters. The first-order valence-corrected chi connectivity index (χ1v) is 10.9. The van der Waals surface area contributed by atoms with Gasteiger partial charge < -0.3 is 25.8 Å². The van der Waals surface area contributed by atoms with Crippen LogP contribution in [-0.4, -0.2) is 35.9 Å². The maximum absolute atomic E-state index is 11.6. The van der Waals surface area contributed by atoms with E-state index in [1.807, 2.05) is 53.2 Å². The number of benzene rings is 2. The molecule has 1 aliphatic heterocycles. The highest BCUT2D eigenvalue weighted by Crippen LogP contribution is 2.37. The minimum Gasteiger partial charge on any atom is -0.493 e. The van der Waals surface area contributed by atoms with Crippen LogP contribution >= 0.6 is 0 Å². The van der Waals surface area contributed by atoms with E-state index < -0.39 is 0 Å². The van der Waals surface area contributed by atoms with Gasteiger partial charge >= 0.3 is 0 Å². The minimum absolute atomic E-state index is 0.0274. The van der Waals surface area contributed by atoms with Crippen molar-refractivity contribution in [2.24, 2.45) is 5.73 Å².